The van der Waals surface area contributed by atoms with E-state index in [9.17, 15) is 9.59 Å². The maximum absolute atomic E-state index is 12.8. The summed E-state index contributed by atoms with van der Waals surface area (Å²) in [5.41, 5.74) is 1.05. The lowest BCUT2D eigenvalue weighted by atomic mass is 9.69. The van der Waals surface area contributed by atoms with Crippen LogP contribution in [0.3, 0.4) is 0 Å². The standard InChI is InChI=1S/C23H32N4O2.3C2H6/c1-5-18(24-21(28)16-11-13-17(14-12-16)23(2,3)4)19-22(29)25-20(27-26-19)15-9-7-6-8-10-15;3*1-2/h6-10,16-18H,5,11-14H2,1-4H3,(H,24,28)(H,25,27,29);3*1-2H3. The maximum Gasteiger partial charge on any atom is 0.275 e. The van der Waals surface area contributed by atoms with Gasteiger partial charge in [-0.05, 0) is 43.4 Å². The van der Waals surface area contributed by atoms with Crippen molar-refractivity contribution in [3.63, 3.8) is 0 Å². The number of hydrogen-bond donors (Lipinski definition) is 2. The molecule has 1 aliphatic carbocycles. The van der Waals surface area contributed by atoms with Gasteiger partial charge in [0.15, 0.2) is 11.5 Å². The Morgan fingerprint density at radius 2 is 1.51 bits per heavy atom. The molecular weight excluding hydrogens is 436 g/mol. The van der Waals surface area contributed by atoms with Crippen LogP contribution in [0.5, 0.6) is 0 Å². The highest BCUT2D eigenvalue weighted by Gasteiger charge is 2.33. The van der Waals surface area contributed by atoms with Crippen molar-refractivity contribution in [1.82, 2.24) is 20.5 Å². The molecule has 1 atom stereocenters. The summed E-state index contributed by atoms with van der Waals surface area (Å²) >= 11 is 0. The largest absolute Gasteiger partial charge is 0.347 e. The molecule has 1 fully saturated rings. The molecule has 35 heavy (non-hydrogen) atoms. The summed E-state index contributed by atoms with van der Waals surface area (Å²) in [5.74, 6) is 1.13. The maximum atomic E-state index is 12.8. The molecule has 0 saturated heterocycles. The minimum atomic E-state index is -0.427. The van der Waals surface area contributed by atoms with Crippen LogP contribution in [0.2, 0.25) is 0 Å². The van der Waals surface area contributed by atoms with E-state index in [0.29, 0.717) is 18.2 Å². The van der Waals surface area contributed by atoms with E-state index in [2.05, 4.69) is 41.3 Å². The summed E-state index contributed by atoms with van der Waals surface area (Å²) in [7, 11) is 0. The van der Waals surface area contributed by atoms with E-state index in [-0.39, 0.29) is 28.5 Å². The number of aromatic amines is 1. The molecule has 0 spiro atoms. The van der Waals surface area contributed by atoms with Gasteiger partial charge >= 0.3 is 0 Å². The Kier molecular flexibility index (Phi) is 15.8. The molecule has 3 rings (SSSR count). The zero-order chi connectivity index (χ0) is 27.0. The number of H-pyrrole nitrogens is 1. The van der Waals surface area contributed by atoms with Gasteiger partial charge in [0.25, 0.3) is 5.56 Å². The van der Waals surface area contributed by atoms with E-state index in [0.717, 1.165) is 31.2 Å². The van der Waals surface area contributed by atoms with Crippen LogP contribution >= 0.6 is 0 Å². The average Bonchev–Trinajstić information content (AvgIpc) is 2.91. The number of nitrogens with one attached hydrogen (secondary N) is 2. The van der Waals surface area contributed by atoms with Crippen molar-refractivity contribution < 1.29 is 4.79 Å². The van der Waals surface area contributed by atoms with E-state index in [1.165, 1.54) is 0 Å². The topological polar surface area (TPSA) is 87.7 Å². The molecule has 2 N–H and O–H groups in total. The van der Waals surface area contributed by atoms with Gasteiger partial charge in [0.05, 0.1) is 6.04 Å². The predicted molar refractivity (Wildman–Crippen MR) is 148 cm³/mol. The Bertz CT molecular complexity index is 880. The Morgan fingerprint density at radius 3 is 1.97 bits per heavy atom. The van der Waals surface area contributed by atoms with E-state index in [4.69, 9.17) is 0 Å². The minimum absolute atomic E-state index is 0.0123. The lowest BCUT2D eigenvalue weighted by Crippen LogP contribution is -2.39. The van der Waals surface area contributed by atoms with E-state index < -0.39 is 6.04 Å². The van der Waals surface area contributed by atoms with Crippen molar-refractivity contribution in [2.45, 2.75) is 107 Å². The van der Waals surface area contributed by atoms with E-state index in [1.807, 2.05) is 78.8 Å². The van der Waals surface area contributed by atoms with Gasteiger partial charge in [-0.25, -0.2) is 0 Å². The molecule has 1 aromatic heterocycles. The van der Waals surface area contributed by atoms with Crippen LogP contribution in [0, 0.1) is 17.3 Å². The highest BCUT2D eigenvalue weighted by Crippen LogP contribution is 2.40. The molecule has 198 valence electrons. The zero-order valence-electron chi connectivity index (χ0n) is 23.9. The number of aromatic nitrogens is 3. The van der Waals surface area contributed by atoms with E-state index in [1.54, 1.807) is 0 Å². The molecule has 0 radical (unpaired) electrons. The first-order valence-electron chi connectivity index (χ1n) is 13.6. The Hall–Kier alpha value is -2.50. The number of rotatable bonds is 5. The summed E-state index contributed by atoms with van der Waals surface area (Å²) in [4.78, 5) is 28.2. The molecule has 6 nitrogen and oxygen atoms in total. The fourth-order valence-electron chi connectivity index (χ4n) is 4.17. The smallest absolute Gasteiger partial charge is 0.275 e. The van der Waals surface area contributed by atoms with Gasteiger partial charge < -0.3 is 10.3 Å². The van der Waals surface area contributed by atoms with Crippen molar-refractivity contribution in [1.29, 1.82) is 0 Å². The van der Waals surface area contributed by atoms with Crippen molar-refractivity contribution in [3.05, 3.63) is 46.4 Å². The van der Waals surface area contributed by atoms with Crippen LogP contribution in [0.15, 0.2) is 35.1 Å². The van der Waals surface area contributed by atoms with Gasteiger partial charge in [0.2, 0.25) is 5.91 Å². The van der Waals surface area contributed by atoms with Crippen LogP contribution < -0.4 is 10.9 Å². The molecule has 1 unspecified atom stereocenters. The molecular formula is C29H50N4O2. The van der Waals surface area contributed by atoms with Crippen molar-refractivity contribution in [3.8, 4) is 11.4 Å². The highest BCUT2D eigenvalue weighted by atomic mass is 16.2. The van der Waals surface area contributed by atoms with Crippen LogP contribution in [0.4, 0.5) is 0 Å². The van der Waals surface area contributed by atoms with Crippen LogP contribution in [0.25, 0.3) is 11.4 Å². The van der Waals surface area contributed by atoms with Gasteiger partial charge in [0, 0.05) is 11.5 Å². The number of carbonyl (C=O) groups excluding carboxylic acids is 1. The quantitative estimate of drug-likeness (QED) is 0.463. The lowest BCUT2D eigenvalue weighted by molar-refractivity contribution is -0.127. The van der Waals surface area contributed by atoms with Gasteiger partial charge in [0.1, 0.15) is 0 Å². The number of amides is 1. The Balaban J connectivity index is 0.00000179. The molecule has 1 aromatic carbocycles. The number of hydrogen-bond acceptors (Lipinski definition) is 4. The Morgan fingerprint density at radius 1 is 0.971 bits per heavy atom. The van der Waals surface area contributed by atoms with Crippen molar-refractivity contribution in [2.24, 2.45) is 17.3 Å². The predicted octanol–water partition coefficient (Wildman–Crippen LogP) is 7.33. The summed E-state index contributed by atoms with van der Waals surface area (Å²) < 4.78 is 0. The van der Waals surface area contributed by atoms with Crippen LogP contribution in [-0.2, 0) is 4.79 Å². The number of nitrogens with zero attached hydrogens (tertiary/aromatic N) is 2. The zero-order valence-corrected chi connectivity index (χ0v) is 23.9. The molecule has 0 aliphatic heterocycles. The minimum Gasteiger partial charge on any atom is -0.347 e. The molecule has 1 aliphatic rings. The lowest BCUT2D eigenvalue weighted by Gasteiger charge is -2.36. The van der Waals surface area contributed by atoms with Crippen molar-refractivity contribution in [2.75, 3.05) is 0 Å². The molecule has 1 heterocycles. The molecule has 1 saturated carbocycles. The van der Waals surface area contributed by atoms with E-state index >= 15 is 0 Å². The number of benzene rings is 1. The SMILES string of the molecule is CC.CC.CC.CCC(NC(=O)C1CCC(C(C)(C)C)CC1)c1nnc(-c2ccccc2)[nH]c1=O. The summed E-state index contributed by atoms with van der Waals surface area (Å²) in [6, 6.07) is 8.98. The second-order valence-corrected chi connectivity index (χ2v) is 9.14. The fraction of sp³-hybridized carbons (Fsp3) is 0.655. The molecule has 6 heteroatoms. The highest BCUT2D eigenvalue weighted by molar-refractivity contribution is 5.79. The first kappa shape index (κ1) is 32.5. The van der Waals surface area contributed by atoms with Crippen LogP contribution in [-0.4, -0.2) is 21.1 Å². The van der Waals surface area contributed by atoms with Gasteiger partial charge in [-0.2, -0.15) is 0 Å². The average molecular weight is 487 g/mol. The molecule has 2 aromatic rings. The third-order valence-electron chi connectivity index (χ3n) is 6.15. The molecule has 1 amide bonds. The second-order valence-electron chi connectivity index (χ2n) is 9.14. The fourth-order valence-corrected chi connectivity index (χ4v) is 4.17. The van der Waals surface area contributed by atoms with Gasteiger partial charge in [-0.15, -0.1) is 10.2 Å². The first-order valence-corrected chi connectivity index (χ1v) is 13.6. The van der Waals surface area contributed by atoms with Gasteiger partial charge in [-0.3, -0.25) is 9.59 Å². The summed E-state index contributed by atoms with van der Waals surface area (Å²) in [6.45, 7) is 20.8. The third kappa shape index (κ3) is 9.95. The summed E-state index contributed by atoms with van der Waals surface area (Å²) in [6.07, 6.45) is 4.54. The van der Waals surface area contributed by atoms with Crippen molar-refractivity contribution >= 4 is 5.91 Å². The third-order valence-corrected chi connectivity index (χ3v) is 6.15. The normalized spacial score (nSPS) is 17.8. The molecule has 0 bridgehead atoms. The summed E-state index contributed by atoms with van der Waals surface area (Å²) in [5, 5.41) is 11.4. The van der Waals surface area contributed by atoms with Gasteiger partial charge in [-0.1, -0.05) is 99.6 Å². The Labute approximate surface area is 213 Å². The number of carbonyl (C=O) groups is 1. The first-order chi connectivity index (χ1) is 16.8. The van der Waals surface area contributed by atoms with Crippen LogP contribution in [0.1, 0.15) is 113 Å². The second kappa shape index (κ2) is 17.0. The monoisotopic (exact) mass is 486 g/mol.